The maximum Gasteiger partial charge on any atom is 0.239 e. The number of hydrogen-bond acceptors (Lipinski definition) is 3. The summed E-state index contributed by atoms with van der Waals surface area (Å²) in [6.07, 6.45) is 2.03. The summed E-state index contributed by atoms with van der Waals surface area (Å²) in [6, 6.07) is 5.55. The van der Waals surface area contributed by atoms with Crippen LogP contribution in [0.1, 0.15) is 32.3 Å². The molecule has 0 spiro atoms. The quantitative estimate of drug-likeness (QED) is 0.769. The summed E-state index contributed by atoms with van der Waals surface area (Å²) in [4.78, 5) is 24.8. The van der Waals surface area contributed by atoms with Crippen molar-refractivity contribution in [3.8, 4) is 0 Å². The van der Waals surface area contributed by atoms with Gasteiger partial charge >= 0.3 is 0 Å². The Morgan fingerprint density at radius 2 is 2.09 bits per heavy atom. The molecule has 2 rings (SSSR count). The van der Waals surface area contributed by atoms with Gasteiger partial charge < -0.3 is 15.4 Å². The average Bonchev–Trinajstić information content (AvgIpc) is 3.01. The predicted molar refractivity (Wildman–Crippen MR) is 93.3 cm³/mol. The number of hydrogen-bond donors (Lipinski definition) is 2. The Morgan fingerprint density at radius 3 is 2.70 bits per heavy atom. The molecule has 0 aromatic heterocycles. The monoisotopic (exact) mass is 382 g/mol. The molecule has 1 unspecified atom stereocenters. The molecule has 23 heavy (non-hydrogen) atoms. The molecule has 1 aliphatic rings. The Balaban J connectivity index is 1.94. The van der Waals surface area contributed by atoms with Crippen molar-refractivity contribution in [1.82, 2.24) is 5.32 Å². The zero-order valence-electron chi connectivity index (χ0n) is 13.7. The van der Waals surface area contributed by atoms with Crippen molar-refractivity contribution in [2.24, 2.45) is 5.41 Å². The SMILES string of the molecule is Cc1ccc(NC(=O)C(C)(C)C(=O)NCC2CCCO2)cc1Br. The number of nitrogens with one attached hydrogen (secondary N) is 2. The highest BCUT2D eigenvalue weighted by molar-refractivity contribution is 9.10. The molecule has 1 heterocycles. The van der Waals surface area contributed by atoms with Crippen molar-refractivity contribution in [1.29, 1.82) is 0 Å². The van der Waals surface area contributed by atoms with Crippen LogP contribution in [0.25, 0.3) is 0 Å². The first kappa shape index (κ1) is 17.9. The van der Waals surface area contributed by atoms with Gasteiger partial charge in [0.15, 0.2) is 0 Å². The third-order valence-electron chi connectivity index (χ3n) is 4.08. The summed E-state index contributed by atoms with van der Waals surface area (Å²) < 4.78 is 6.39. The van der Waals surface area contributed by atoms with Gasteiger partial charge in [-0.15, -0.1) is 0 Å². The van der Waals surface area contributed by atoms with Crippen molar-refractivity contribution < 1.29 is 14.3 Å². The average molecular weight is 383 g/mol. The van der Waals surface area contributed by atoms with Gasteiger partial charge in [0.25, 0.3) is 0 Å². The molecular weight excluding hydrogens is 360 g/mol. The summed E-state index contributed by atoms with van der Waals surface area (Å²) >= 11 is 3.43. The van der Waals surface area contributed by atoms with E-state index in [1.54, 1.807) is 13.8 Å². The lowest BCUT2D eigenvalue weighted by atomic mass is 9.90. The first-order valence-electron chi connectivity index (χ1n) is 7.78. The van der Waals surface area contributed by atoms with Gasteiger partial charge in [0.2, 0.25) is 11.8 Å². The van der Waals surface area contributed by atoms with Gasteiger partial charge in [0, 0.05) is 23.3 Å². The molecule has 5 nitrogen and oxygen atoms in total. The number of amides is 2. The normalized spacial score (nSPS) is 17.8. The summed E-state index contributed by atoms with van der Waals surface area (Å²) in [5, 5.41) is 5.62. The lowest BCUT2D eigenvalue weighted by Gasteiger charge is -2.23. The zero-order valence-corrected chi connectivity index (χ0v) is 15.3. The third kappa shape index (κ3) is 4.54. The summed E-state index contributed by atoms with van der Waals surface area (Å²) in [6.45, 7) is 6.41. The fourth-order valence-electron chi connectivity index (χ4n) is 2.29. The van der Waals surface area contributed by atoms with Crippen LogP contribution in [0, 0.1) is 12.3 Å². The predicted octanol–water partition coefficient (Wildman–Crippen LogP) is 3.02. The Bertz CT molecular complexity index is 596. The van der Waals surface area contributed by atoms with Crippen LogP contribution in [0.3, 0.4) is 0 Å². The van der Waals surface area contributed by atoms with E-state index in [1.165, 1.54) is 0 Å². The van der Waals surface area contributed by atoms with Gasteiger partial charge in [-0.3, -0.25) is 9.59 Å². The fraction of sp³-hybridized carbons (Fsp3) is 0.529. The van der Waals surface area contributed by atoms with Crippen molar-refractivity contribution in [2.75, 3.05) is 18.5 Å². The smallest absolute Gasteiger partial charge is 0.239 e. The van der Waals surface area contributed by atoms with E-state index >= 15 is 0 Å². The number of aryl methyl sites for hydroxylation is 1. The number of rotatable bonds is 5. The van der Waals surface area contributed by atoms with Crippen LogP contribution in [0.5, 0.6) is 0 Å². The van der Waals surface area contributed by atoms with Crippen LogP contribution in [0.15, 0.2) is 22.7 Å². The summed E-state index contributed by atoms with van der Waals surface area (Å²) in [5.41, 5.74) is 0.583. The van der Waals surface area contributed by atoms with E-state index in [1.807, 2.05) is 25.1 Å². The van der Waals surface area contributed by atoms with Crippen molar-refractivity contribution in [3.05, 3.63) is 28.2 Å². The summed E-state index contributed by atoms with van der Waals surface area (Å²) in [5.74, 6) is -0.630. The molecule has 6 heteroatoms. The van der Waals surface area contributed by atoms with E-state index in [4.69, 9.17) is 4.74 Å². The van der Waals surface area contributed by atoms with Crippen molar-refractivity contribution in [2.45, 2.75) is 39.7 Å². The highest BCUT2D eigenvalue weighted by Crippen LogP contribution is 2.23. The Kier molecular flexibility index (Phi) is 5.81. The minimum Gasteiger partial charge on any atom is -0.376 e. The van der Waals surface area contributed by atoms with E-state index in [0.717, 1.165) is 29.5 Å². The Hall–Kier alpha value is -1.40. The minimum atomic E-state index is -1.16. The molecule has 1 aromatic carbocycles. The first-order valence-corrected chi connectivity index (χ1v) is 8.57. The standard InChI is InChI=1S/C17H23BrN2O3/c1-11-6-7-12(9-14(11)18)20-16(22)17(2,3)15(21)19-10-13-5-4-8-23-13/h6-7,9,13H,4-5,8,10H2,1-3H3,(H,19,21)(H,20,22). The van der Waals surface area contributed by atoms with E-state index < -0.39 is 5.41 Å². The third-order valence-corrected chi connectivity index (χ3v) is 4.93. The first-order chi connectivity index (χ1) is 10.8. The molecule has 2 N–H and O–H groups in total. The van der Waals surface area contributed by atoms with Crippen LogP contribution in [0.2, 0.25) is 0 Å². The zero-order chi connectivity index (χ0) is 17.0. The van der Waals surface area contributed by atoms with Gasteiger partial charge in [-0.25, -0.2) is 0 Å². The van der Waals surface area contributed by atoms with E-state index in [2.05, 4.69) is 26.6 Å². The van der Waals surface area contributed by atoms with Gasteiger partial charge in [0.05, 0.1) is 6.10 Å². The maximum atomic E-state index is 12.4. The minimum absolute atomic E-state index is 0.0610. The lowest BCUT2D eigenvalue weighted by Crippen LogP contribution is -2.47. The van der Waals surface area contributed by atoms with Gasteiger partial charge in [-0.05, 0) is 51.3 Å². The van der Waals surface area contributed by atoms with Crippen LogP contribution < -0.4 is 10.6 Å². The molecule has 2 amide bonds. The van der Waals surface area contributed by atoms with Crippen LogP contribution >= 0.6 is 15.9 Å². The Labute approximate surface area is 145 Å². The molecule has 0 radical (unpaired) electrons. The molecule has 1 fully saturated rings. The molecule has 1 aromatic rings. The molecule has 0 saturated carbocycles. The number of carbonyl (C=O) groups excluding carboxylic acids is 2. The number of anilines is 1. The molecular formula is C17H23BrN2O3. The van der Waals surface area contributed by atoms with Gasteiger partial charge in [-0.2, -0.15) is 0 Å². The molecule has 1 aliphatic heterocycles. The summed E-state index contributed by atoms with van der Waals surface area (Å²) in [7, 11) is 0. The van der Waals surface area contributed by atoms with Crippen LogP contribution in [-0.4, -0.2) is 31.1 Å². The molecule has 1 atom stereocenters. The second-order valence-corrected chi connectivity index (χ2v) is 7.24. The van der Waals surface area contributed by atoms with Crippen molar-refractivity contribution >= 4 is 33.4 Å². The van der Waals surface area contributed by atoms with Crippen LogP contribution in [0.4, 0.5) is 5.69 Å². The van der Waals surface area contributed by atoms with E-state index in [-0.39, 0.29) is 17.9 Å². The lowest BCUT2D eigenvalue weighted by molar-refractivity contribution is -0.138. The highest BCUT2D eigenvalue weighted by Gasteiger charge is 2.36. The molecule has 0 aliphatic carbocycles. The number of carbonyl (C=O) groups is 2. The molecule has 0 bridgehead atoms. The molecule has 1 saturated heterocycles. The topological polar surface area (TPSA) is 67.4 Å². The maximum absolute atomic E-state index is 12.4. The number of ether oxygens (including phenoxy) is 1. The van der Waals surface area contributed by atoms with E-state index in [0.29, 0.717) is 12.2 Å². The second-order valence-electron chi connectivity index (χ2n) is 6.39. The number of halogens is 1. The molecule has 126 valence electrons. The fourth-order valence-corrected chi connectivity index (χ4v) is 2.67. The van der Waals surface area contributed by atoms with Gasteiger partial charge in [0.1, 0.15) is 5.41 Å². The van der Waals surface area contributed by atoms with Crippen molar-refractivity contribution in [3.63, 3.8) is 0 Å². The second kappa shape index (κ2) is 7.45. The largest absolute Gasteiger partial charge is 0.376 e. The Morgan fingerprint density at radius 1 is 1.35 bits per heavy atom. The van der Waals surface area contributed by atoms with E-state index in [9.17, 15) is 9.59 Å². The highest BCUT2D eigenvalue weighted by atomic mass is 79.9. The van der Waals surface area contributed by atoms with Crippen LogP contribution in [-0.2, 0) is 14.3 Å². The number of benzene rings is 1. The van der Waals surface area contributed by atoms with Gasteiger partial charge in [-0.1, -0.05) is 22.0 Å².